The first kappa shape index (κ1) is 10.6. The van der Waals surface area contributed by atoms with Crippen LogP contribution in [0.2, 0.25) is 0 Å². The Bertz CT molecular complexity index is 490. The van der Waals surface area contributed by atoms with Gasteiger partial charge in [-0.2, -0.15) is 5.10 Å². The number of benzene rings is 1. The minimum Gasteiger partial charge on any atom is -0.313 e. The molecule has 2 rings (SSSR count). The normalized spacial score (nSPS) is 13.3. The number of halogens is 1. The number of aryl methyl sites for hydroxylation is 1. The van der Waals surface area contributed by atoms with Gasteiger partial charge in [-0.1, -0.05) is 18.2 Å². The number of fused-ring (bicyclic) bond motifs is 1. The van der Waals surface area contributed by atoms with E-state index in [0.29, 0.717) is 6.04 Å². The van der Waals surface area contributed by atoms with Gasteiger partial charge in [-0.3, -0.25) is 4.68 Å². The van der Waals surface area contributed by atoms with Crippen LogP contribution >= 0.6 is 15.9 Å². The average molecular weight is 268 g/mol. The van der Waals surface area contributed by atoms with Crippen molar-refractivity contribution in [3.63, 3.8) is 0 Å². The predicted octanol–water partition coefficient (Wildman–Crippen LogP) is 2.62. The first-order valence-electron chi connectivity index (χ1n) is 4.93. The Morgan fingerprint density at radius 2 is 2.20 bits per heavy atom. The van der Waals surface area contributed by atoms with Gasteiger partial charge in [0, 0.05) is 18.5 Å². The summed E-state index contributed by atoms with van der Waals surface area (Å²) < 4.78 is 2.89. The smallest absolute Gasteiger partial charge is 0.111 e. The van der Waals surface area contributed by atoms with E-state index in [1.807, 2.05) is 18.8 Å². The Morgan fingerprint density at radius 1 is 1.47 bits per heavy atom. The van der Waals surface area contributed by atoms with E-state index in [1.54, 1.807) is 0 Å². The molecule has 1 heterocycles. The lowest BCUT2D eigenvalue weighted by Crippen LogP contribution is -2.12. The maximum Gasteiger partial charge on any atom is 0.111 e. The monoisotopic (exact) mass is 267 g/mol. The van der Waals surface area contributed by atoms with Crippen molar-refractivity contribution in [2.75, 3.05) is 7.05 Å². The van der Waals surface area contributed by atoms with E-state index in [2.05, 4.69) is 51.5 Å². The molecule has 4 heteroatoms. The molecule has 1 aromatic heterocycles. The number of aromatic nitrogens is 2. The zero-order valence-electron chi connectivity index (χ0n) is 9.08. The van der Waals surface area contributed by atoms with Crippen LogP contribution in [0.4, 0.5) is 0 Å². The molecule has 0 saturated heterocycles. The molecule has 0 saturated carbocycles. The van der Waals surface area contributed by atoms with Gasteiger partial charge in [-0.15, -0.1) is 0 Å². The Labute approximate surface area is 97.6 Å². The predicted molar refractivity (Wildman–Crippen MR) is 65.9 cm³/mol. The summed E-state index contributed by atoms with van der Waals surface area (Å²) in [7, 11) is 3.90. The molecular weight excluding hydrogens is 254 g/mol. The second kappa shape index (κ2) is 3.94. The minimum atomic E-state index is 0.315. The lowest BCUT2D eigenvalue weighted by atomic mass is 10.1. The number of rotatable bonds is 2. The van der Waals surface area contributed by atoms with E-state index in [-0.39, 0.29) is 0 Å². The van der Waals surface area contributed by atoms with Crippen molar-refractivity contribution in [3.05, 3.63) is 28.4 Å². The highest BCUT2D eigenvalue weighted by molar-refractivity contribution is 9.10. The number of hydrogen-bond donors (Lipinski definition) is 1. The number of nitrogens with zero attached hydrogens (tertiary/aromatic N) is 2. The minimum absolute atomic E-state index is 0.315. The quantitative estimate of drug-likeness (QED) is 0.907. The van der Waals surface area contributed by atoms with Gasteiger partial charge in [0.15, 0.2) is 0 Å². The molecule has 1 aromatic carbocycles. The summed E-state index contributed by atoms with van der Waals surface area (Å²) in [6, 6.07) is 6.58. The van der Waals surface area contributed by atoms with Crippen molar-refractivity contribution in [2.24, 2.45) is 7.05 Å². The molecule has 1 N–H and O–H groups in total. The standard InChI is InChI=1S/C11H14BrN3/c1-7(13-2)8-5-4-6-9-10(8)14-15(3)11(9)12/h4-7,13H,1-3H3. The van der Waals surface area contributed by atoms with Crippen LogP contribution in [0.25, 0.3) is 10.9 Å². The Balaban J connectivity index is 2.71. The molecule has 2 aromatic rings. The number of nitrogens with one attached hydrogen (secondary N) is 1. The van der Waals surface area contributed by atoms with Gasteiger partial charge in [-0.25, -0.2) is 0 Å². The van der Waals surface area contributed by atoms with Gasteiger partial charge >= 0.3 is 0 Å². The van der Waals surface area contributed by atoms with E-state index >= 15 is 0 Å². The third-order valence-electron chi connectivity index (χ3n) is 2.72. The van der Waals surface area contributed by atoms with Crippen LogP contribution in [0, 0.1) is 0 Å². The lowest BCUT2D eigenvalue weighted by Gasteiger charge is -2.10. The second-order valence-corrected chi connectivity index (χ2v) is 4.42. The van der Waals surface area contributed by atoms with Crippen molar-refractivity contribution in [3.8, 4) is 0 Å². The maximum absolute atomic E-state index is 4.51. The largest absolute Gasteiger partial charge is 0.313 e. The van der Waals surface area contributed by atoms with E-state index in [4.69, 9.17) is 0 Å². The molecule has 0 bridgehead atoms. The third-order valence-corrected chi connectivity index (χ3v) is 3.66. The van der Waals surface area contributed by atoms with Crippen LogP contribution in [-0.2, 0) is 7.05 Å². The summed E-state index contributed by atoms with van der Waals surface area (Å²) in [5.74, 6) is 0. The Morgan fingerprint density at radius 3 is 2.87 bits per heavy atom. The molecule has 0 aliphatic rings. The molecule has 0 radical (unpaired) electrons. The first-order chi connectivity index (χ1) is 7.15. The van der Waals surface area contributed by atoms with Crippen LogP contribution in [-0.4, -0.2) is 16.8 Å². The average Bonchev–Trinajstić information content (AvgIpc) is 2.54. The maximum atomic E-state index is 4.51. The fourth-order valence-electron chi connectivity index (χ4n) is 1.71. The molecule has 0 aliphatic heterocycles. The lowest BCUT2D eigenvalue weighted by molar-refractivity contribution is 0.653. The van der Waals surface area contributed by atoms with Gasteiger partial charge in [0.1, 0.15) is 4.60 Å². The zero-order chi connectivity index (χ0) is 11.0. The van der Waals surface area contributed by atoms with Crippen LogP contribution in [0.5, 0.6) is 0 Å². The van der Waals surface area contributed by atoms with Gasteiger partial charge in [-0.05, 0) is 35.5 Å². The molecule has 3 nitrogen and oxygen atoms in total. The summed E-state index contributed by atoms with van der Waals surface area (Å²) in [4.78, 5) is 0. The Hall–Kier alpha value is -0.870. The van der Waals surface area contributed by atoms with Crippen molar-refractivity contribution in [1.29, 1.82) is 0 Å². The molecular formula is C11H14BrN3. The highest BCUT2D eigenvalue weighted by atomic mass is 79.9. The van der Waals surface area contributed by atoms with E-state index < -0.39 is 0 Å². The fraction of sp³-hybridized carbons (Fsp3) is 0.364. The topological polar surface area (TPSA) is 29.9 Å². The molecule has 0 aliphatic carbocycles. The fourth-order valence-corrected chi connectivity index (χ4v) is 2.11. The van der Waals surface area contributed by atoms with Gasteiger partial charge < -0.3 is 5.32 Å². The van der Waals surface area contributed by atoms with Crippen LogP contribution in [0.1, 0.15) is 18.5 Å². The SMILES string of the molecule is CNC(C)c1cccc2c(Br)n(C)nc12. The van der Waals surface area contributed by atoms with Crippen molar-refractivity contribution < 1.29 is 0 Å². The van der Waals surface area contributed by atoms with Crippen molar-refractivity contribution >= 4 is 26.8 Å². The van der Waals surface area contributed by atoms with Crippen LogP contribution < -0.4 is 5.32 Å². The third kappa shape index (κ3) is 1.68. The van der Waals surface area contributed by atoms with Gasteiger partial charge in [0.05, 0.1) is 5.52 Å². The van der Waals surface area contributed by atoms with Crippen molar-refractivity contribution in [2.45, 2.75) is 13.0 Å². The highest BCUT2D eigenvalue weighted by Gasteiger charge is 2.12. The second-order valence-electron chi connectivity index (χ2n) is 3.67. The zero-order valence-corrected chi connectivity index (χ0v) is 10.7. The summed E-state index contributed by atoms with van der Waals surface area (Å²) in [5, 5.41) is 8.91. The highest BCUT2D eigenvalue weighted by Crippen LogP contribution is 2.28. The molecule has 0 fully saturated rings. The summed E-state index contributed by atoms with van der Waals surface area (Å²) >= 11 is 3.54. The molecule has 0 amide bonds. The van der Waals surface area contributed by atoms with E-state index in [9.17, 15) is 0 Å². The van der Waals surface area contributed by atoms with E-state index in [0.717, 1.165) is 15.5 Å². The summed E-state index contributed by atoms with van der Waals surface area (Å²) in [5.41, 5.74) is 2.30. The van der Waals surface area contributed by atoms with Gasteiger partial charge in [0.25, 0.3) is 0 Å². The molecule has 80 valence electrons. The van der Waals surface area contributed by atoms with Gasteiger partial charge in [0.2, 0.25) is 0 Å². The molecule has 1 unspecified atom stereocenters. The summed E-state index contributed by atoms with van der Waals surface area (Å²) in [6.45, 7) is 2.14. The van der Waals surface area contributed by atoms with Crippen LogP contribution in [0.3, 0.4) is 0 Å². The summed E-state index contributed by atoms with van der Waals surface area (Å²) in [6.07, 6.45) is 0. The molecule has 1 atom stereocenters. The molecule has 0 spiro atoms. The van der Waals surface area contributed by atoms with E-state index in [1.165, 1.54) is 5.56 Å². The first-order valence-corrected chi connectivity index (χ1v) is 5.73. The van der Waals surface area contributed by atoms with Crippen LogP contribution in [0.15, 0.2) is 22.8 Å². The molecule has 15 heavy (non-hydrogen) atoms. The Kier molecular flexibility index (Phi) is 2.80. The number of hydrogen-bond acceptors (Lipinski definition) is 2. The van der Waals surface area contributed by atoms with Crippen molar-refractivity contribution in [1.82, 2.24) is 15.1 Å².